The van der Waals surface area contributed by atoms with Gasteiger partial charge in [0.2, 0.25) is 0 Å². The number of hydrogen-bond acceptors (Lipinski definition) is 3. The van der Waals surface area contributed by atoms with Crippen molar-refractivity contribution >= 4 is 11.6 Å². The summed E-state index contributed by atoms with van der Waals surface area (Å²) in [7, 11) is 0. The average molecular weight is 347 g/mol. The van der Waals surface area contributed by atoms with Crippen LogP contribution in [0.3, 0.4) is 0 Å². The fourth-order valence-corrected chi connectivity index (χ4v) is 2.48. The molecule has 0 fully saturated rings. The molecule has 4 nitrogen and oxygen atoms in total. The van der Waals surface area contributed by atoms with E-state index in [1.807, 2.05) is 55.5 Å². The first kappa shape index (κ1) is 17.5. The highest BCUT2D eigenvalue weighted by atomic mass is 16.5. The van der Waals surface area contributed by atoms with Crippen molar-refractivity contribution in [3.05, 3.63) is 90.0 Å². The van der Waals surface area contributed by atoms with Gasteiger partial charge in [0.1, 0.15) is 18.1 Å². The topological polar surface area (TPSA) is 47.6 Å². The molecule has 132 valence electrons. The van der Waals surface area contributed by atoms with Crippen LogP contribution in [0.4, 0.5) is 5.69 Å². The molecule has 4 heteroatoms. The van der Waals surface area contributed by atoms with Crippen molar-refractivity contribution in [2.24, 2.45) is 0 Å². The molecule has 0 spiro atoms. The minimum Gasteiger partial charge on any atom is -0.494 e. The van der Waals surface area contributed by atoms with E-state index in [1.165, 1.54) is 0 Å². The van der Waals surface area contributed by atoms with Gasteiger partial charge in [-0.05, 0) is 48.9 Å². The number of amides is 1. The zero-order valence-corrected chi connectivity index (χ0v) is 14.6. The number of nitrogens with one attached hydrogen (secondary N) is 1. The number of ether oxygens (including phenoxy) is 2. The molecule has 1 N–H and O–H groups in total. The van der Waals surface area contributed by atoms with Gasteiger partial charge in [0, 0.05) is 17.3 Å². The smallest absolute Gasteiger partial charge is 0.255 e. The lowest BCUT2D eigenvalue weighted by molar-refractivity contribution is 0.102. The number of rotatable bonds is 7. The fraction of sp³-hybridized carbons (Fsp3) is 0.136. The van der Waals surface area contributed by atoms with Crippen molar-refractivity contribution in [2.45, 2.75) is 13.5 Å². The predicted octanol–water partition coefficient (Wildman–Crippen LogP) is 4.92. The van der Waals surface area contributed by atoms with Crippen LogP contribution >= 0.6 is 0 Å². The number of carbonyl (C=O) groups is 1. The molecule has 0 aliphatic heterocycles. The Kier molecular flexibility index (Phi) is 5.88. The van der Waals surface area contributed by atoms with Gasteiger partial charge >= 0.3 is 0 Å². The standard InChI is InChI=1S/C22H21NO3/c1-2-25-21-10-6-9-19(15-21)23-22(24)18-11-13-20(14-12-18)26-16-17-7-4-3-5-8-17/h3-15H,2,16H2,1H3,(H,23,24). The van der Waals surface area contributed by atoms with Gasteiger partial charge in [0.15, 0.2) is 0 Å². The summed E-state index contributed by atoms with van der Waals surface area (Å²) in [6.07, 6.45) is 0. The first-order chi connectivity index (χ1) is 12.7. The van der Waals surface area contributed by atoms with Gasteiger partial charge in [-0.25, -0.2) is 0 Å². The third kappa shape index (κ3) is 4.86. The molecule has 0 atom stereocenters. The molecule has 0 saturated carbocycles. The maximum Gasteiger partial charge on any atom is 0.255 e. The van der Waals surface area contributed by atoms with Crippen LogP contribution in [0.5, 0.6) is 11.5 Å². The van der Waals surface area contributed by atoms with E-state index in [4.69, 9.17) is 9.47 Å². The van der Waals surface area contributed by atoms with Crippen LogP contribution in [0.1, 0.15) is 22.8 Å². The summed E-state index contributed by atoms with van der Waals surface area (Å²) in [6.45, 7) is 3.01. The molecule has 0 unspecified atom stereocenters. The quantitative estimate of drug-likeness (QED) is 0.660. The number of anilines is 1. The molecular weight excluding hydrogens is 326 g/mol. The lowest BCUT2D eigenvalue weighted by Gasteiger charge is -2.09. The molecular formula is C22H21NO3. The zero-order valence-electron chi connectivity index (χ0n) is 14.6. The van der Waals surface area contributed by atoms with E-state index >= 15 is 0 Å². The Labute approximate surface area is 153 Å². The van der Waals surface area contributed by atoms with Crippen LogP contribution in [0.2, 0.25) is 0 Å². The molecule has 0 aliphatic carbocycles. The summed E-state index contributed by atoms with van der Waals surface area (Å²) in [6, 6.07) is 24.4. The second kappa shape index (κ2) is 8.72. The van der Waals surface area contributed by atoms with Crippen molar-refractivity contribution in [1.82, 2.24) is 0 Å². The molecule has 0 aromatic heterocycles. The van der Waals surface area contributed by atoms with Gasteiger partial charge in [-0.1, -0.05) is 36.4 Å². The van der Waals surface area contributed by atoms with E-state index < -0.39 is 0 Å². The van der Waals surface area contributed by atoms with E-state index in [1.54, 1.807) is 30.3 Å². The maximum atomic E-state index is 12.4. The summed E-state index contributed by atoms with van der Waals surface area (Å²) in [5.74, 6) is 1.28. The first-order valence-corrected chi connectivity index (χ1v) is 8.55. The highest BCUT2D eigenvalue weighted by Crippen LogP contribution is 2.19. The SMILES string of the molecule is CCOc1cccc(NC(=O)c2ccc(OCc3ccccc3)cc2)c1. The maximum absolute atomic E-state index is 12.4. The lowest BCUT2D eigenvalue weighted by Crippen LogP contribution is -2.11. The lowest BCUT2D eigenvalue weighted by atomic mass is 10.2. The van der Waals surface area contributed by atoms with Crippen LogP contribution in [-0.4, -0.2) is 12.5 Å². The molecule has 3 rings (SSSR count). The first-order valence-electron chi connectivity index (χ1n) is 8.55. The van der Waals surface area contributed by atoms with E-state index in [-0.39, 0.29) is 5.91 Å². The Bertz CT molecular complexity index is 845. The van der Waals surface area contributed by atoms with Crippen molar-refractivity contribution in [1.29, 1.82) is 0 Å². The van der Waals surface area contributed by atoms with Gasteiger partial charge in [-0.2, -0.15) is 0 Å². The highest BCUT2D eigenvalue weighted by molar-refractivity contribution is 6.04. The average Bonchev–Trinajstić information content (AvgIpc) is 2.68. The van der Waals surface area contributed by atoms with Crippen LogP contribution in [0.25, 0.3) is 0 Å². The Morgan fingerprint density at radius 3 is 2.35 bits per heavy atom. The molecule has 1 amide bonds. The molecule has 0 heterocycles. The fourth-order valence-electron chi connectivity index (χ4n) is 2.48. The van der Waals surface area contributed by atoms with Gasteiger partial charge in [-0.3, -0.25) is 4.79 Å². The van der Waals surface area contributed by atoms with Crippen LogP contribution in [0, 0.1) is 0 Å². The molecule has 0 bridgehead atoms. The van der Waals surface area contributed by atoms with E-state index in [0.29, 0.717) is 24.5 Å². The predicted molar refractivity (Wildman–Crippen MR) is 103 cm³/mol. The summed E-state index contributed by atoms with van der Waals surface area (Å²) < 4.78 is 11.2. The third-order valence-corrected chi connectivity index (χ3v) is 3.77. The Morgan fingerprint density at radius 1 is 0.846 bits per heavy atom. The van der Waals surface area contributed by atoms with Crippen molar-refractivity contribution in [3.63, 3.8) is 0 Å². The van der Waals surface area contributed by atoms with Gasteiger partial charge in [0.25, 0.3) is 5.91 Å². The Balaban J connectivity index is 1.59. The summed E-state index contributed by atoms with van der Waals surface area (Å²) >= 11 is 0. The number of hydrogen-bond donors (Lipinski definition) is 1. The van der Waals surface area contributed by atoms with Crippen LogP contribution in [0.15, 0.2) is 78.9 Å². The van der Waals surface area contributed by atoms with Crippen LogP contribution < -0.4 is 14.8 Å². The second-order valence-electron chi connectivity index (χ2n) is 5.71. The normalized spacial score (nSPS) is 10.2. The van der Waals surface area contributed by atoms with Crippen molar-refractivity contribution in [3.8, 4) is 11.5 Å². The molecule has 0 aliphatic rings. The van der Waals surface area contributed by atoms with E-state index in [9.17, 15) is 4.79 Å². The molecule has 3 aromatic carbocycles. The molecule has 26 heavy (non-hydrogen) atoms. The monoisotopic (exact) mass is 347 g/mol. The van der Waals surface area contributed by atoms with Gasteiger partial charge in [0.05, 0.1) is 6.61 Å². The van der Waals surface area contributed by atoms with Crippen molar-refractivity contribution in [2.75, 3.05) is 11.9 Å². The number of carbonyl (C=O) groups excluding carboxylic acids is 1. The van der Waals surface area contributed by atoms with Gasteiger partial charge < -0.3 is 14.8 Å². The minimum atomic E-state index is -0.173. The third-order valence-electron chi connectivity index (χ3n) is 3.77. The minimum absolute atomic E-state index is 0.173. The largest absolute Gasteiger partial charge is 0.494 e. The second-order valence-corrected chi connectivity index (χ2v) is 5.71. The zero-order chi connectivity index (χ0) is 18.2. The van der Waals surface area contributed by atoms with E-state index in [0.717, 1.165) is 17.1 Å². The van der Waals surface area contributed by atoms with Gasteiger partial charge in [-0.15, -0.1) is 0 Å². The summed E-state index contributed by atoms with van der Waals surface area (Å²) in [5.41, 5.74) is 2.37. The summed E-state index contributed by atoms with van der Waals surface area (Å²) in [4.78, 5) is 12.4. The summed E-state index contributed by atoms with van der Waals surface area (Å²) in [5, 5.41) is 2.87. The molecule has 0 radical (unpaired) electrons. The molecule has 0 saturated heterocycles. The van der Waals surface area contributed by atoms with Crippen LogP contribution in [-0.2, 0) is 6.61 Å². The van der Waals surface area contributed by atoms with E-state index in [2.05, 4.69) is 5.32 Å². The Hall–Kier alpha value is -3.27. The Morgan fingerprint density at radius 2 is 1.62 bits per heavy atom. The highest BCUT2D eigenvalue weighted by Gasteiger charge is 2.07. The van der Waals surface area contributed by atoms with Crippen molar-refractivity contribution < 1.29 is 14.3 Å². The molecule has 3 aromatic rings. The number of benzene rings is 3.